The topological polar surface area (TPSA) is 67.1 Å². The number of ether oxygens (including phenoxy) is 2. The zero-order valence-corrected chi connectivity index (χ0v) is 8.10. The number of nitrogens with one attached hydrogen (secondary N) is 2. The lowest BCUT2D eigenvalue weighted by atomic mass is 10.4. The minimum atomic E-state index is -0.594. The molecule has 1 aromatic rings. The molecule has 72 valence electrons. The largest absolute Gasteiger partial charge is 0.350 e. The number of rotatable bonds is 3. The molecular formula is C7H10N2O3S. The smallest absolute Gasteiger partial charge is 0.252 e. The minimum absolute atomic E-state index is 0.251. The molecule has 0 unspecified atom stereocenters. The van der Waals surface area contributed by atoms with Crippen molar-refractivity contribution in [2.24, 2.45) is 0 Å². The van der Waals surface area contributed by atoms with Crippen LogP contribution in [0, 0.1) is 4.77 Å². The molecule has 2 N–H and O–H groups in total. The fourth-order valence-electron chi connectivity index (χ4n) is 0.965. The molecule has 0 saturated carbocycles. The number of aromatic nitrogens is 2. The van der Waals surface area contributed by atoms with E-state index < -0.39 is 6.29 Å². The van der Waals surface area contributed by atoms with Crippen LogP contribution in [-0.4, -0.2) is 24.2 Å². The summed E-state index contributed by atoms with van der Waals surface area (Å²) in [7, 11) is 2.96. The van der Waals surface area contributed by atoms with E-state index in [1.54, 1.807) is 0 Å². The standard InChI is InChI=1S/C7H10N2O3S/c1-11-6(12-2)4-3-5(10)9-7(13)8-4/h3,6H,1-2H3,(H2,8,9,10,13). The molecule has 0 fully saturated rings. The first-order chi connectivity index (χ1) is 6.17. The van der Waals surface area contributed by atoms with E-state index >= 15 is 0 Å². The molecule has 0 radical (unpaired) electrons. The van der Waals surface area contributed by atoms with Crippen molar-refractivity contribution in [2.45, 2.75) is 6.29 Å². The van der Waals surface area contributed by atoms with Crippen LogP contribution >= 0.6 is 12.2 Å². The second-order valence-corrected chi connectivity index (χ2v) is 2.75. The first-order valence-electron chi connectivity index (χ1n) is 3.56. The molecule has 0 aliphatic heterocycles. The molecule has 13 heavy (non-hydrogen) atoms. The summed E-state index contributed by atoms with van der Waals surface area (Å²) in [4.78, 5) is 16.2. The lowest BCUT2D eigenvalue weighted by molar-refractivity contribution is -0.108. The molecule has 1 aromatic heterocycles. The van der Waals surface area contributed by atoms with E-state index in [0.29, 0.717) is 5.69 Å². The third-order valence-electron chi connectivity index (χ3n) is 1.46. The summed E-state index contributed by atoms with van der Waals surface area (Å²) < 4.78 is 10.1. The number of aromatic amines is 2. The third-order valence-corrected chi connectivity index (χ3v) is 1.67. The summed E-state index contributed by atoms with van der Waals surface area (Å²) >= 11 is 4.78. The fraction of sp³-hybridized carbons (Fsp3) is 0.429. The monoisotopic (exact) mass is 202 g/mol. The molecule has 6 heteroatoms. The SMILES string of the molecule is COC(OC)c1cc(=O)[nH]c(=S)[nH]1. The van der Waals surface area contributed by atoms with E-state index in [0.717, 1.165) is 0 Å². The summed E-state index contributed by atoms with van der Waals surface area (Å²) in [6, 6.07) is 1.34. The van der Waals surface area contributed by atoms with Crippen LogP contribution in [0.15, 0.2) is 10.9 Å². The Bertz CT molecular complexity index is 352. The van der Waals surface area contributed by atoms with Gasteiger partial charge in [0.15, 0.2) is 11.1 Å². The van der Waals surface area contributed by atoms with Crippen LogP contribution in [-0.2, 0) is 9.47 Å². The Labute approximate surface area is 79.7 Å². The van der Waals surface area contributed by atoms with Gasteiger partial charge >= 0.3 is 0 Å². The highest BCUT2D eigenvalue weighted by atomic mass is 32.1. The molecule has 0 aromatic carbocycles. The van der Waals surface area contributed by atoms with Crippen molar-refractivity contribution in [3.63, 3.8) is 0 Å². The van der Waals surface area contributed by atoms with Crippen LogP contribution in [0.25, 0.3) is 0 Å². The second kappa shape index (κ2) is 4.31. The molecule has 1 rings (SSSR count). The number of H-pyrrole nitrogens is 2. The van der Waals surface area contributed by atoms with Crippen molar-refractivity contribution in [2.75, 3.05) is 14.2 Å². The molecular weight excluding hydrogens is 192 g/mol. The highest BCUT2D eigenvalue weighted by Gasteiger charge is 2.09. The number of methoxy groups -OCH3 is 2. The van der Waals surface area contributed by atoms with E-state index in [1.807, 2.05) is 0 Å². The van der Waals surface area contributed by atoms with Crippen LogP contribution in [0.5, 0.6) is 0 Å². The summed E-state index contributed by atoms with van der Waals surface area (Å²) in [5.74, 6) is 0. The maximum atomic E-state index is 11.0. The lowest BCUT2D eigenvalue weighted by Gasteiger charge is -2.12. The molecule has 0 saturated heterocycles. The van der Waals surface area contributed by atoms with Gasteiger partial charge in [0, 0.05) is 20.3 Å². The summed E-state index contributed by atoms with van der Waals surface area (Å²) in [5, 5.41) is 0. The fourth-order valence-corrected chi connectivity index (χ4v) is 1.18. The van der Waals surface area contributed by atoms with Gasteiger partial charge < -0.3 is 14.5 Å². The molecule has 0 atom stereocenters. The minimum Gasteiger partial charge on any atom is -0.350 e. The van der Waals surface area contributed by atoms with E-state index in [1.165, 1.54) is 20.3 Å². The van der Waals surface area contributed by atoms with Gasteiger partial charge in [0.05, 0.1) is 5.69 Å². The number of hydrogen-bond acceptors (Lipinski definition) is 4. The van der Waals surface area contributed by atoms with Crippen LogP contribution in [0.1, 0.15) is 12.0 Å². The van der Waals surface area contributed by atoms with E-state index in [9.17, 15) is 4.79 Å². The highest BCUT2D eigenvalue weighted by Crippen LogP contribution is 2.11. The van der Waals surface area contributed by atoms with E-state index in [4.69, 9.17) is 21.7 Å². The van der Waals surface area contributed by atoms with E-state index in [-0.39, 0.29) is 10.3 Å². The first kappa shape index (κ1) is 10.1. The average Bonchev–Trinajstić information content (AvgIpc) is 2.04. The van der Waals surface area contributed by atoms with Gasteiger partial charge in [-0.1, -0.05) is 0 Å². The summed E-state index contributed by atoms with van der Waals surface area (Å²) in [6.07, 6.45) is -0.594. The molecule has 0 aliphatic rings. The maximum Gasteiger partial charge on any atom is 0.252 e. The molecule has 1 heterocycles. The summed E-state index contributed by atoms with van der Waals surface area (Å²) in [6.45, 7) is 0. The molecule has 5 nitrogen and oxygen atoms in total. The first-order valence-corrected chi connectivity index (χ1v) is 3.97. The van der Waals surface area contributed by atoms with E-state index in [2.05, 4.69) is 9.97 Å². The Kier molecular flexibility index (Phi) is 3.35. The Hall–Kier alpha value is -0.980. The van der Waals surface area contributed by atoms with Crippen molar-refractivity contribution in [1.82, 2.24) is 9.97 Å². The predicted molar refractivity (Wildman–Crippen MR) is 49.0 cm³/mol. The molecule has 0 amide bonds. The Morgan fingerprint density at radius 3 is 2.46 bits per heavy atom. The van der Waals surface area contributed by atoms with Crippen molar-refractivity contribution in [3.05, 3.63) is 26.9 Å². The molecule has 0 bridgehead atoms. The zero-order valence-electron chi connectivity index (χ0n) is 7.29. The van der Waals surface area contributed by atoms with Crippen molar-refractivity contribution in [1.29, 1.82) is 0 Å². The summed E-state index contributed by atoms with van der Waals surface area (Å²) in [5.41, 5.74) is 0.219. The van der Waals surface area contributed by atoms with Crippen LogP contribution < -0.4 is 5.56 Å². The lowest BCUT2D eigenvalue weighted by Crippen LogP contribution is -2.13. The van der Waals surface area contributed by atoms with Gasteiger partial charge in [-0.2, -0.15) is 0 Å². The Balaban J connectivity index is 3.13. The zero-order chi connectivity index (χ0) is 9.84. The van der Waals surface area contributed by atoms with Gasteiger partial charge in [0.2, 0.25) is 0 Å². The predicted octanol–water partition coefficient (Wildman–Crippen LogP) is 0.724. The van der Waals surface area contributed by atoms with Crippen LogP contribution in [0.3, 0.4) is 0 Å². The molecule has 0 spiro atoms. The maximum absolute atomic E-state index is 11.0. The van der Waals surface area contributed by atoms with Crippen molar-refractivity contribution < 1.29 is 9.47 Å². The van der Waals surface area contributed by atoms with Gasteiger partial charge in [0.1, 0.15) is 0 Å². The quantitative estimate of drug-likeness (QED) is 0.560. The van der Waals surface area contributed by atoms with Gasteiger partial charge in [-0.25, -0.2) is 0 Å². The number of hydrogen-bond donors (Lipinski definition) is 2. The average molecular weight is 202 g/mol. The Morgan fingerprint density at radius 2 is 2.00 bits per heavy atom. The van der Waals surface area contributed by atoms with Gasteiger partial charge in [-0.15, -0.1) is 0 Å². The Morgan fingerprint density at radius 1 is 1.38 bits per heavy atom. The normalized spacial score (nSPS) is 10.7. The molecule has 0 aliphatic carbocycles. The van der Waals surface area contributed by atoms with Crippen LogP contribution in [0.2, 0.25) is 0 Å². The van der Waals surface area contributed by atoms with Crippen LogP contribution in [0.4, 0.5) is 0 Å². The van der Waals surface area contributed by atoms with Gasteiger partial charge in [-0.05, 0) is 12.2 Å². The van der Waals surface area contributed by atoms with Crippen molar-refractivity contribution >= 4 is 12.2 Å². The van der Waals surface area contributed by atoms with Gasteiger partial charge in [-0.3, -0.25) is 9.78 Å². The highest BCUT2D eigenvalue weighted by molar-refractivity contribution is 7.71. The van der Waals surface area contributed by atoms with Gasteiger partial charge in [0.25, 0.3) is 5.56 Å². The third kappa shape index (κ3) is 2.48. The second-order valence-electron chi connectivity index (χ2n) is 2.35. The van der Waals surface area contributed by atoms with Crippen molar-refractivity contribution in [3.8, 4) is 0 Å².